The van der Waals surface area contributed by atoms with Gasteiger partial charge in [0.05, 0.1) is 12.6 Å². The summed E-state index contributed by atoms with van der Waals surface area (Å²) in [6.45, 7) is 3.82. The highest BCUT2D eigenvalue weighted by Gasteiger charge is 2.19. The lowest BCUT2D eigenvalue weighted by atomic mass is 9.81. The molecule has 106 valence electrons. The van der Waals surface area contributed by atoms with Gasteiger partial charge in [0, 0.05) is 0 Å². The van der Waals surface area contributed by atoms with Crippen molar-refractivity contribution in [2.75, 3.05) is 6.54 Å². The third-order valence-corrected chi connectivity index (χ3v) is 4.10. The molecule has 0 unspecified atom stereocenters. The van der Waals surface area contributed by atoms with Gasteiger partial charge in [-0.2, -0.15) is 0 Å². The molecule has 2 rings (SSSR count). The monoisotopic (exact) mass is 266 g/mol. The summed E-state index contributed by atoms with van der Waals surface area (Å²) in [5.74, 6) is 2.12. The highest BCUT2D eigenvalue weighted by atomic mass is 16.6. The van der Waals surface area contributed by atoms with E-state index in [0.717, 1.165) is 18.4 Å². The number of rotatable bonds is 6. The normalized spacial score (nSPS) is 23.4. The van der Waals surface area contributed by atoms with Crippen molar-refractivity contribution in [2.45, 2.75) is 45.6 Å². The van der Waals surface area contributed by atoms with Crippen LogP contribution < -0.4 is 5.32 Å². The number of nitrogens with zero attached hydrogens (tertiary/aromatic N) is 1. The van der Waals surface area contributed by atoms with Gasteiger partial charge >= 0.3 is 5.88 Å². The molecular weight excluding hydrogens is 244 g/mol. The first-order valence-electron chi connectivity index (χ1n) is 7.12. The maximum absolute atomic E-state index is 10.5. The van der Waals surface area contributed by atoms with Crippen LogP contribution in [-0.2, 0) is 6.54 Å². The van der Waals surface area contributed by atoms with E-state index in [2.05, 4.69) is 12.2 Å². The first-order valence-corrected chi connectivity index (χ1v) is 7.12. The third kappa shape index (κ3) is 4.06. The highest BCUT2D eigenvalue weighted by Crippen LogP contribution is 2.30. The molecule has 0 spiro atoms. The van der Waals surface area contributed by atoms with E-state index in [1.165, 1.54) is 38.2 Å². The van der Waals surface area contributed by atoms with Gasteiger partial charge in [0.15, 0.2) is 0 Å². The zero-order valence-corrected chi connectivity index (χ0v) is 11.4. The number of nitrogens with one attached hydrogen (secondary N) is 1. The molecular formula is C14H22N2O3. The van der Waals surface area contributed by atoms with E-state index in [1.807, 2.05) is 0 Å². The minimum atomic E-state index is -0.504. The Morgan fingerprint density at radius 1 is 1.32 bits per heavy atom. The molecule has 5 nitrogen and oxygen atoms in total. The molecule has 0 aliphatic heterocycles. The molecule has 1 aliphatic rings. The Morgan fingerprint density at radius 3 is 2.58 bits per heavy atom. The maximum atomic E-state index is 10.5. The Bertz CT molecular complexity index is 409. The Hall–Kier alpha value is -1.36. The fourth-order valence-electron chi connectivity index (χ4n) is 2.80. The zero-order chi connectivity index (χ0) is 13.7. The number of nitro groups is 1. The third-order valence-electron chi connectivity index (χ3n) is 4.10. The molecule has 0 radical (unpaired) electrons. The van der Waals surface area contributed by atoms with Crippen molar-refractivity contribution >= 4 is 5.88 Å². The Balaban J connectivity index is 1.67. The summed E-state index contributed by atoms with van der Waals surface area (Å²) in [4.78, 5) is 9.98. The predicted molar refractivity (Wildman–Crippen MR) is 72.8 cm³/mol. The molecule has 0 aromatic carbocycles. The molecule has 1 N–H and O–H groups in total. The van der Waals surface area contributed by atoms with Gasteiger partial charge in [-0.05, 0) is 37.3 Å². The number of furan rings is 1. The zero-order valence-electron chi connectivity index (χ0n) is 11.4. The molecule has 0 amide bonds. The van der Waals surface area contributed by atoms with Crippen molar-refractivity contribution in [1.29, 1.82) is 0 Å². The molecule has 0 bridgehead atoms. The molecule has 19 heavy (non-hydrogen) atoms. The SMILES string of the molecule is CCC1CCC(CNCc2ccc([N+](=O)[O-])o2)CC1. The van der Waals surface area contributed by atoms with E-state index in [-0.39, 0.29) is 5.88 Å². The van der Waals surface area contributed by atoms with Gasteiger partial charge in [-0.25, -0.2) is 0 Å². The fraction of sp³-hybridized carbons (Fsp3) is 0.714. The summed E-state index contributed by atoms with van der Waals surface area (Å²) in [7, 11) is 0. The summed E-state index contributed by atoms with van der Waals surface area (Å²) in [5.41, 5.74) is 0. The van der Waals surface area contributed by atoms with Crippen LogP contribution in [0.1, 0.15) is 44.8 Å². The summed E-state index contributed by atoms with van der Waals surface area (Å²) >= 11 is 0. The van der Waals surface area contributed by atoms with Crippen LogP contribution in [0.2, 0.25) is 0 Å². The van der Waals surface area contributed by atoms with Gasteiger partial charge in [0.25, 0.3) is 0 Å². The molecule has 1 saturated carbocycles. The van der Waals surface area contributed by atoms with E-state index < -0.39 is 4.92 Å². The average Bonchev–Trinajstić information content (AvgIpc) is 2.89. The average molecular weight is 266 g/mol. The summed E-state index contributed by atoms with van der Waals surface area (Å²) in [5, 5.41) is 13.8. The molecule has 0 atom stereocenters. The topological polar surface area (TPSA) is 68.3 Å². The lowest BCUT2D eigenvalue weighted by Crippen LogP contribution is -2.26. The number of hydrogen-bond acceptors (Lipinski definition) is 4. The standard InChI is InChI=1S/C14H22N2O3/c1-2-11-3-5-12(6-4-11)9-15-10-13-7-8-14(19-13)16(17)18/h7-8,11-12,15H,2-6,9-10H2,1H3. The van der Waals surface area contributed by atoms with Gasteiger partial charge in [-0.3, -0.25) is 10.1 Å². The Morgan fingerprint density at radius 2 is 2.00 bits per heavy atom. The van der Waals surface area contributed by atoms with E-state index in [9.17, 15) is 10.1 Å². The molecule has 1 aromatic heterocycles. The van der Waals surface area contributed by atoms with Crippen LogP contribution in [0.25, 0.3) is 0 Å². The molecule has 0 saturated heterocycles. The minimum absolute atomic E-state index is 0.180. The second kappa shape index (κ2) is 6.70. The predicted octanol–water partition coefficient (Wildman–Crippen LogP) is 3.49. The lowest BCUT2D eigenvalue weighted by Gasteiger charge is -2.27. The van der Waals surface area contributed by atoms with Gasteiger partial charge in [0.1, 0.15) is 10.7 Å². The largest absolute Gasteiger partial charge is 0.433 e. The smallest absolute Gasteiger partial charge is 0.404 e. The van der Waals surface area contributed by atoms with Gasteiger partial charge in [-0.15, -0.1) is 0 Å². The molecule has 1 heterocycles. The van der Waals surface area contributed by atoms with Gasteiger partial charge in [-0.1, -0.05) is 26.2 Å². The van der Waals surface area contributed by atoms with Crippen LogP contribution in [0.5, 0.6) is 0 Å². The quantitative estimate of drug-likeness (QED) is 0.632. The van der Waals surface area contributed by atoms with E-state index in [1.54, 1.807) is 6.07 Å². The van der Waals surface area contributed by atoms with E-state index in [0.29, 0.717) is 12.3 Å². The van der Waals surface area contributed by atoms with Crippen molar-refractivity contribution < 1.29 is 9.34 Å². The van der Waals surface area contributed by atoms with Crippen molar-refractivity contribution in [1.82, 2.24) is 5.32 Å². The molecule has 1 aromatic rings. The first kappa shape index (κ1) is 14.1. The van der Waals surface area contributed by atoms with Gasteiger partial charge < -0.3 is 9.73 Å². The fourth-order valence-corrected chi connectivity index (χ4v) is 2.80. The second-order valence-corrected chi connectivity index (χ2v) is 5.42. The van der Waals surface area contributed by atoms with Crippen molar-refractivity contribution in [3.05, 3.63) is 28.0 Å². The Kier molecular flexibility index (Phi) is 4.96. The number of hydrogen-bond donors (Lipinski definition) is 1. The molecule has 5 heteroatoms. The highest BCUT2D eigenvalue weighted by molar-refractivity contribution is 5.17. The minimum Gasteiger partial charge on any atom is -0.404 e. The summed E-state index contributed by atoms with van der Waals surface area (Å²) in [6, 6.07) is 3.07. The van der Waals surface area contributed by atoms with Gasteiger partial charge in [0.2, 0.25) is 0 Å². The van der Waals surface area contributed by atoms with Crippen LogP contribution in [0.15, 0.2) is 16.5 Å². The van der Waals surface area contributed by atoms with Crippen LogP contribution in [0.3, 0.4) is 0 Å². The summed E-state index contributed by atoms with van der Waals surface area (Å²) in [6.07, 6.45) is 6.58. The van der Waals surface area contributed by atoms with E-state index in [4.69, 9.17) is 4.42 Å². The van der Waals surface area contributed by atoms with Crippen LogP contribution >= 0.6 is 0 Å². The lowest BCUT2D eigenvalue weighted by molar-refractivity contribution is -0.402. The molecule has 1 fully saturated rings. The van der Waals surface area contributed by atoms with Crippen LogP contribution in [0, 0.1) is 22.0 Å². The first-order chi connectivity index (χ1) is 9.19. The van der Waals surface area contributed by atoms with E-state index >= 15 is 0 Å². The maximum Gasteiger partial charge on any atom is 0.433 e. The summed E-state index contributed by atoms with van der Waals surface area (Å²) < 4.78 is 5.11. The van der Waals surface area contributed by atoms with Crippen molar-refractivity contribution in [3.8, 4) is 0 Å². The van der Waals surface area contributed by atoms with Crippen molar-refractivity contribution in [2.24, 2.45) is 11.8 Å². The second-order valence-electron chi connectivity index (χ2n) is 5.42. The molecule has 1 aliphatic carbocycles. The van der Waals surface area contributed by atoms with Crippen LogP contribution in [0.4, 0.5) is 5.88 Å². The van der Waals surface area contributed by atoms with Crippen LogP contribution in [-0.4, -0.2) is 11.5 Å². The van der Waals surface area contributed by atoms with Crippen molar-refractivity contribution in [3.63, 3.8) is 0 Å². The Labute approximate surface area is 113 Å².